The molecule has 3 heteroatoms. The standard InChI is InChI=1S/C15H27F2N/c1-5-14(4,11-18-10-12(2)3)8-13-6-7-15(16,17)9-13/h5,12-13,18H,1,6-11H2,2-4H3. The zero-order valence-electron chi connectivity index (χ0n) is 11.9. The molecule has 1 nitrogen and oxygen atoms in total. The fourth-order valence-corrected chi connectivity index (χ4v) is 2.75. The monoisotopic (exact) mass is 259 g/mol. The lowest BCUT2D eigenvalue weighted by Crippen LogP contribution is -2.34. The first kappa shape index (κ1) is 15.6. The molecule has 2 atom stereocenters. The maximum Gasteiger partial charge on any atom is 0.248 e. The van der Waals surface area contributed by atoms with E-state index in [1.54, 1.807) is 0 Å². The minimum absolute atomic E-state index is 0.0562. The highest BCUT2D eigenvalue weighted by molar-refractivity contribution is 4.96. The Labute approximate surface area is 110 Å². The lowest BCUT2D eigenvalue weighted by molar-refractivity contribution is 0.00352. The van der Waals surface area contributed by atoms with Crippen molar-refractivity contribution >= 4 is 0 Å². The Hall–Kier alpha value is -0.440. The third-order valence-electron chi connectivity index (χ3n) is 3.83. The molecule has 0 aliphatic heterocycles. The van der Waals surface area contributed by atoms with Crippen molar-refractivity contribution in [2.45, 2.75) is 52.4 Å². The molecule has 18 heavy (non-hydrogen) atoms. The van der Waals surface area contributed by atoms with Crippen LogP contribution >= 0.6 is 0 Å². The van der Waals surface area contributed by atoms with Crippen molar-refractivity contribution in [1.29, 1.82) is 0 Å². The molecule has 0 bridgehead atoms. The maximum atomic E-state index is 13.2. The molecule has 0 saturated heterocycles. The number of alkyl halides is 2. The van der Waals surface area contributed by atoms with Crippen LogP contribution < -0.4 is 5.32 Å². The molecular formula is C15H27F2N. The highest BCUT2D eigenvalue weighted by Crippen LogP contribution is 2.43. The van der Waals surface area contributed by atoms with E-state index in [-0.39, 0.29) is 24.2 Å². The smallest absolute Gasteiger partial charge is 0.248 e. The summed E-state index contributed by atoms with van der Waals surface area (Å²) in [7, 11) is 0. The Kier molecular flexibility index (Phi) is 5.32. The molecule has 0 heterocycles. The molecular weight excluding hydrogens is 232 g/mol. The van der Waals surface area contributed by atoms with Crippen LogP contribution in [0.25, 0.3) is 0 Å². The van der Waals surface area contributed by atoms with Gasteiger partial charge in [0.05, 0.1) is 0 Å². The van der Waals surface area contributed by atoms with Crippen molar-refractivity contribution in [1.82, 2.24) is 5.32 Å². The predicted molar refractivity (Wildman–Crippen MR) is 72.9 cm³/mol. The molecule has 0 radical (unpaired) electrons. The zero-order valence-corrected chi connectivity index (χ0v) is 11.9. The van der Waals surface area contributed by atoms with E-state index < -0.39 is 5.92 Å². The highest BCUT2D eigenvalue weighted by Gasteiger charge is 2.41. The molecule has 0 amide bonds. The summed E-state index contributed by atoms with van der Waals surface area (Å²) < 4.78 is 26.4. The van der Waals surface area contributed by atoms with Crippen LogP contribution in [0, 0.1) is 17.3 Å². The Bertz CT molecular complexity index is 276. The van der Waals surface area contributed by atoms with Crippen LogP contribution in [-0.2, 0) is 0 Å². The topological polar surface area (TPSA) is 12.0 Å². The van der Waals surface area contributed by atoms with Gasteiger partial charge >= 0.3 is 0 Å². The van der Waals surface area contributed by atoms with Gasteiger partial charge in [-0.2, -0.15) is 0 Å². The van der Waals surface area contributed by atoms with Gasteiger partial charge in [-0.1, -0.05) is 26.8 Å². The average molecular weight is 259 g/mol. The Morgan fingerprint density at radius 1 is 1.50 bits per heavy atom. The van der Waals surface area contributed by atoms with Crippen molar-refractivity contribution in [3.63, 3.8) is 0 Å². The van der Waals surface area contributed by atoms with Gasteiger partial charge in [0.1, 0.15) is 0 Å². The van der Waals surface area contributed by atoms with Gasteiger partial charge in [-0.15, -0.1) is 6.58 Å². The van der Waals surface area contributed by atoms with Gasteiger partial charge < -0.3 is 5.32 Å². The number of hydrogen-bond donors (Lipinski definition) is 1. The van der Waals surface area contributed by atoms with Crippen LogP contribution in [0.15, 0.2) is 12.7 Å². The molecule has 1 aliphatic rings. The first-order chi connectivity index (χ1) is 8.26. The number of halogens is 2. The molecule has 0 aromatic heterocycles. The van der Waals surface area contributed by atoms with Crippen molar-refractivity contribution in [3.8, 4) is 0 Å². The Balaban J connectivity index is 2.42. The van der Waals surface area contributed by atoms with Crippen LogP contribution in [0.4, 0.5) is 8.78 Å². The van der Waals surface area contributed by atoms with E-state index >= 15 is 0 Å². The fraction of sp³-hybridized carbons (Fsp3) is 0.867. The van der Waals surface area contributed by atoms with Crippen molar-refractivity contribution in [3.05, 3.63) is 12.7 Å². The Morgan fingerprint density at radius 3 is 2.61 bits per heavy atom. The second-order valence-corrected chi connectivity index (χ2v) is 6.55. The summed E-state index contributed by atoms with van der Waals surface area (Å²) in [4.78, 5) is 0. The van der Waals surface area contributed by atoms with Gasteiger partial charge in [0.2, 0.25) is 5.92 Å². The largest absolute Gasteiger partial charge is 0.316 e. The summed E-state index contributed by atoms with van der Waals surface area (Å²) >= 11 is 0. The first-order valence-electron chi connectivity index (χ1n) is 6.98. The third-order valence-corrected chi connectivity index (χ3v) is 3.83. The summed E-state index contributed by atoms with van der Waals surface area (Å²) in [5.74, 6) is -1.68. The van der Waals surface area contributed by atoms with Gasteiger partial charge in [-0.25, -0.2) is 8.78 Å². The van der Waals surface area contributed by atoms with Gasteiger partial charge in [0.25, 0.3) is 0 Å². The maximum absolute atomic E-state index is 13.2. The fourth-order valence-electron chi connectivity index (χ4n) is 2.75. The second-order valence-electron chi connectivity index (χ2n) is 6.55. The molecule has 2 unspecified atom stereocenters. The minimum atomic E-state index is -2.43. The van der Waals surface area contributed by atoms with Gasteiger partial charge in [-0.3, -0.25) is 0 Å². The molecule has 106 valence electrons. The molecule has 1 N–H and O–H groups in total. The van der Waals surface area contributed by atoms with Crippen LogP contribution in [0.2, 0.25) is 0 Å². The molecule has 1 fully saturated rings. The summed E-state index contributed by atoms with van der Waals surface area (Å²) in [5.41, 5.74) is -0.0695. The quantitative estimate of drug-likeness (QED) is 0.674. The van der Waals surface area contributed by atoms with E-state index in [0.29, 0.717) is 12.3 Å². The van der Waals surface area contributed by atoms with Crippen molar-refractivity contribution in [2.24, 2.45) is 17.3 Å². The summed E-state index contributed by atoms with van der Waals surface area (Å²) in [5, 5.41) is 3.41. The van der Waals surface area contributed by atoms with E-state index in [1.165, 1.54) is 0 Å². The summed E-state index contributed by atoms with van der Waals surface area (Å²) in [6.07, 6.45) is 3.51. The molecule has 1 aliphatic carbocycles. The minimum Gasteiger partial charge on any atom is -0.316 e. The number of hydrogen-bond acceptors (Lipinski definition) is 1. The van der Waals surface area contributed by atoms with E-state index in [4.69, 9.17) is 0 Å². The predicted octanol–water partition coefficient (Wildman–Crippen LogP) is 4.25. The summed E-state index contributed by atoms with van der Waals surface area (Å²) in [6.45, 7) is 12.1. The van der Waals surface area contributed by atoms with E-state index in [1.807, 2.05) is 6.08 Å². The molecule has 0 spiro atoms. The van der Waals surface area contributed by atoms with Gasteiger partial charge in [0, 0.05) is 19.4 Å². The molecule has 1 saturated carbocycles. The third kappa shape index (κ3) is 5.05. The van der Waals surface area contributed by atoms with E-state index in [0.717, 1.165) is 19.5 Å². The normalized spacial score (nSPS) is 26.2. The second kappa shape index (κ2) is 6.14. The van der Waals surface area contributed by atoms with E-state index in [2.05, 4.69) is 32.7 Å². The average Bonchev–Trinajstić information content (AvgIpc) is 2.57. The zero-order chi connectivity index (χ0) is 13.8. The highest BCUT2D eigenvalue weighted by atomic mass is 19.3. The lowest BCUT2D eigenvalue weighted by atomic mass is 9.80. The SMILES string of the molecule is C=CC(C)(CNCC(C)C)CC1CCC(F)(F)C1. The van der Waals surface area contributed by atoms with Crippen molar-refractivity contribution < 1.29 is 8.78 Å². The van der Waals surface area contributed by atoms with Crippen LogP contribution in [0.5, 0.6) is 0 Å². The van der Waals surface area contributed by atoms with Crippen molar-refractivity contribution in [2.75, 3.05) is 13.1 Å². The number of nitrogens with one attached hydrogen (secondary N) is 1. The molecule has 0 aromatic carbocycles. The van der Waals surface area contributed by atoms with Crippen LogP contribution in [0.1, 0.15) is 46.5 Å². The lowest BCUT2D eigenvalue weighted by Gasteiger charge is -2.29. The first-order valence-corrected chi connectivity index (χ1v) is 6.98. The van der Waals surface area contributed by atoms with E-state index in [9.17, 15) is 8.78 Å². The van der Waals surface area contributed by atoms with Crippen LogP contribution in [-0.4, -0.2) is 19.0 Å². The van der Waals surface area contributed by atoms with Gasteiger partial charge in [0.15, 0.2) is 0 Å². The van der Waals surface area contributed by atoms with Crippen LogP contribution in [0.3, 0.4) is 0 Å². The van der Waals surface area contributed by atoms with Gasteiger partial charge in [-0.05, 0) is 36.6 Å². The molecule has 0 aromatic rings. The molecule has 1 rings (SSSR count). The summed E-state index contributed by atoms with van der Waals surface area (Å²) in [6, 6.07) is 0. The Morgan fingerprint density at radius 2 is 2.17 bits per heavy atom. The number of rotatable bonds is 7.